The van der Waals surface area contributed by atoms with E-state index in [1.54, 1.807) is 25.1 Å². The Morgan fingerprint density at radius 3 is 2.63 bits per heavy atom. The van der Waals surface area contributed by atoms with Gasteiger partial charge < -0.3 is 20.5 Å². The Bertz CT molecular complexity index is 935. The van der Waals surface area contributed by atoms with Crippen molar-refractivity contribution in [3.05, 3.63) is 53.6 Å². The van der Waals surface area contributed by atoms with E-state index in [1.165, 1.54) is 18.3 Å². The summed E-state index contributed by atoms with van der Waals surface area (Å²) in [5.41, 5.74) is 7.51. The molecule has 2 aromatic rings. The molecule has 7 nitrogen and oxygen atoms in total. The van der Waals surface area contributed by atoms with Gasteiger partial charge in [0.05, 0.1) is 18.4 Å². The van der Waals surface area contributed by atoms with Crippen LogP contribution in [0.25, 0.3) is 0 Å². The number of ether oxygens (including phenoxy) is 2. The molecule has 0 aromatic heterocycles. The first-order valence-electron chi connectivity index (χ1n) is 8.64. The minimum absolute atomic E-state index is 0.0142. The molecule has 1 amide bonds. The Labute approximate surface area is 176 Å². The fourth-order valence-corrected chi connectivity index (χ4v) is 2.33. The van der Waals surface area contributed by atoms with Crippen LogP contribution in [-0.2, 0) is 11.0 Å². The number of hydrogen-bond acceptors (Lipinski definition) is 5. The third-order valence-corrected chi connectivity index (χ3v) is 3.58. The maximum Gasteiger partial charge on any atom is 0.416 e. The van der Waals surface area contributed by atoms with Crippen molar-refractivity contribution in [2.75, 3.05) is 18.5 Å². The Morgan fingerprint density at radius 1 is 1.20 bits per heavy atom. The van der Waals surface area contributed by atoms with Gasteiger partial charge in [0.25, 0.3) is 5.91 Å². The molecule has 0 saturated heterocycles. The number of anilines is 1. The largest absolute Gasteiger partial charge is 0.490 e. The van der Waals surface area contributed by atoms with E-state index < -0.39 is 24.3 Å². The van der Waals surface area contributed by atoms with E-state index in [4.69, 9.17) is 15.2 Å². The van der Waals surface area contributed by atoms with Crippen LogP contribution in [0.2, 0.25) is 0 Å². The third-order valence-electron chi connectivity index (χ3n) is 3.49. The Hall–Kier alpha value is -3.34. The first-order chi connectivity index (χ1) is 14.2. The number of benzene rings is 2. The number of halogens is 3. The highest BCUT2D eigenvalue weighted by molar-refractivity contribution is 7.80. The minimum atomic E-state index is -4.50. The summed E-state index contributed by atoms with van der Waals surface area (Å²) in [7, 11) is 0. The minimum Gasteiger partial charge on any atom is -0.490 e. The van der Waals surface area contributed by atoms with Gasteiger partial charge in [-0.15, -0.1) is 0 Å². The van der Waals surface area contributed by atoms with Crippen molar-refractivity contribution in [2.24, 2.45) is 10.8 Å². The first-order valence-corrected chi connectivity index (χ1v) is 9.05. The lowest BCUT2D eigenvalue weighted by Crippen LogP contribution is -2.24. The van der Waals surface area contributed by atoms with Gasteiger partial charge in [-0.3, -0.25) is 10.2 Å². The van der Waals surface area contributed by atoms with Crippen LogP contribution in [0.3, 0.4) is 0 Å². The average Bonchev–Trinajstić information content (AvgIpc) is 2.67. The molecular weight excluding hydrogens is 421 g/mol. The number of hydrazone groups is 1. The highest BCUT2D eigenvalue weighted by atomic mass is 32.1. The second-order valence-electron chi connectivity index (χ2n) is 5.79. The van der Waals surface area contributed by atoms with Gasteiger partial charge in [0, 0.05) is 5.69 Å². The van der Waals surface area contributed by atoms with Crippen molar-refractivity contribution in [1.29, 1.82) is 0 Å². The lowest BCUT2D eigenvalue weighted by Gasteiger charge is -2.13. The quantitative estimate of drug-likeness (QED) is 0.331. The molecule has 2 aromatic carbocycles. The van der Waals surface area contributed by atoms with Crippen molar-refractivity contribution < 1.29 is 27.4 Å². The number of nitrogens with two attached hydrogens (primary N) is 1. The predicted molar refractivity (Wildman–Crippen MR) is 111 cm³/mol. The molecule has 0 saturated carbocycles. The molecule has 2 rings (SSSR count). The van der Waals surface area contributed by atoms with Crippen molar-refractivity contribution >= 4 is 35.1 Å². The fourth-order valence-electron chi connectivity index (χ4n) is 2.28. The van der Waals surface area contributed by atoms with Gasteiger partial charge >= 0.3 is 6.18 Å². The lowest BCUT2D eigenvalue weighted by molar-refractivity contribution is -0.137. The molecule has 0 aliphatic heterocycles. The zero-order valence-electron chi connectivity index (χ0n) is 15.8. The summed E-state index contributed by atoms with van der Waals surface area (Å²) in [4.78, 5) is 12.1. The number of nitrogens with zero attached hydrogens (tertiary/aromatic N) is 1. The number of amides is 1. The molecule has 0 spiro atoms. The van der Waals surface area contributed by atoms with E-state index in [2.05, 4.69) is 28.1 Å². The van der Waals surface area contributed by atoms with Crippen LogP contribution in [0, 0.1) is 0 Å². The number of thiocarbonyl (C=S) groups is 1. The predicted octanol–water partition coefficient (Wildman–Crippen LogP) is 3.29. The summed E-state index contributed by atoms with van der Waals surface area (Å²) < 4.78 is 49.2. The van der Waals surface area contributed by atoms with E-state index in [-0.39, 0.29) is 16.5 Å². The smallest absolute Gasteiger partial charge is 0.416 e. The number of rotatable bonds is 8. The Balaban J connectivity index is 2.02. The molecule has 0 aliphatic rings. The van der Waals surface area contributed by atoms with Gasteiger partial charge in [-0.25, -0.2) is 0 Å². The number of alkyl halides is 3. The van der Waals surface area contributed by atoms with E-state index in [1.807, 2.05) is 0 Å². The Morgan fingerprint density at radius 2 is 1.97 bits per heavy atom. The zero-order chi connectivity index (χ0) is 22.1. The molecule has 160 valence electrons. The second kappa shape index (κ2) is 10.4. The number of nitrogens with one attached hydrogen (secondary N) is 2. The highest BCUT2D eigenvalue weighted by Crippen LogP contribution is 2.31. The van der Waals surface area contributed by atoms with Crippen molar-refractivity contribution in [1.82, 2.24) is 5.43 Å². The summed E-state index contributed by atoms with van der Waals surface area (Å²) in [5.74, 6) is 0.0298. The van der Waals surface area contributed by atoms with Crippen LogP contribution in [0.5, 0.6) is 11.5 Å². The van der Waals surface area contributed by atoms with E-state index in [0.29, 0.717) is 17.9 Å². The summed E-state index contributed by atoms with van der Waals surface area (Å²) >= 11 is 4.64. The monoisotopic (exact) mass is 440 g/mol. The summed E-state index contributed by atoms with van der Waals surface area (Å²) in [6.45, 7) is 1.70. The van der Waals surface area contributed by atoms with Crippen molar-refractivity contribution in [2.45, 2.75) is 13.1 Å². The number of carbonyl (C=O) groups excluding carboxylic acids is 1. The molecule has 11 heteroatoms. The molecular formula is C19H19F3N4O3S. The topological polar surface area (TPSA) is 98.0 Å². The van der Waals surface area contributed by atoms with Gasteiger partial charge in [-0.1, -0.05) is 6.07 Å². The molecule has 0 fully saturated rings. The number of hydrogen-bond donors (Lipinski definition) is 3. The summed E-state index contributed by atoms with van der Waals surface area (Å²) in [6.07, 6.45) is -3.04. The maximum atomic E-state index is 12.8. The molecule has 0 aliphatic carbocycles. The van der Waals surface area contributed by atoms with E-state index >= 15 is 0 Å². The summed E-state index contributed by atoms with van der Waals surface area (Å²) in [5, 5.41) is 6.22. The third kappa shape index (κ3) is 7.24. The number of carbonyl (C=O) groups is 1. The molecule has 4 N–H and O–H groups in total. The van der Waals surface area contributed by atoms with Crippen LogP contribution >= 0.6 is 12.2 Å². The second-order valence-corrected chi connectivity index (χ2v) is 6.23. The van der Waals surface area contributed by atoms with Crippen molar-refractivity contribution in [3.8, 4) is 11.5 Å². The van der Waals surface area contributed by atoms with Crippen LogP contribution in [0.15, 0.2) is 47.6 Å². The van der Waals surface area contributed by atoms with Gasteiger partial charge in [0.1, 0.15) is 0 Å². The van der Waals surface area contributed by atoms with Crippen LogP contribution < -0.4 is 25.9 Å². The highest BCUT2D eigenvalue weighted by Gasteiger charge is 2.30. The summed E-state index contributed by atoms with van der Waals surface area (Å²) in [6, 6.07) is 9.19. The SMILES string of the molecule is CCOc1cc(C=NNC(N)=S)ccc1OCC(=O)Nc1cccc(C(F)(F)F)c1. The van der Waals surface area contributed by atoms with E-state index in [9.17, 15) is 18.0 Å². The van der Waals surface area contributed by atoms with Gasteiger partial charge in [0.2, 0.25) is 0 Å². The Kier molecular flexibility index (Phi) is 7.98. The molecule has 0 atom stereocenters. The zero-order valence-corrected chi connectivity index (χ0v) is 16.6. The van der Waals surface area contributed by atoms with Gasteiger partial charge in [-0.2, -0.15) is 18.3 Å². The molecule has 0 unspecified atom stereocenters. The van der Waals surface area contributed by atoms with E-state index in [0.717, 1.165) is 12.1 Å². The molecule has 0 heterocycles. The molecule has 0 radical (unpaired) electrons. The van der Waals surface area contributed by atoms with Gasteiger partial charge in [-0.05, 0) is 61.1 Å². The lowest BCUT2D eigenvalue weighted by atomic mass is 10.2. The van der Waals surface area contributed by atoms with Gasteiger partial charge in [0.15, 0.2) is 23.2 Å². The fraction of sp³-hybridized carbons (Fsp3) is 0.211. The normalized spacial score (nSPS) is 11.2. The van der Waals surface area contributed by atoms with Crippen molar-refractivity contribution in [3.63, 3.8) is 0 Å². The van der Waals surface area contributed by atoms with Crippen LogP contribution in [0.1, 0.15) is 18.1 Å². The van der Waals surface area contributed by atoms with Crippen LogP contribution in [0.4, 0.5) is 18.9 Å². The molecule has 30 heavy (non-hydrogen) atoms. The first kappa shape index (κ1) is 22.9. The average molecular weight is 440 g/mol. The van der Waals surface area contributed by atoms with Crippen LogP contribution in [-0.4, -0.2) is 30.4 Å². The molecule has 0 bridgehead atoms. The maximum absolute atomic E-state index is 12.8. The standard InChI is InChI=1S/C19H19F3N4O3S/c1-2-28-16-8-12(10-24-26-18(23)30)6-7-15(16)29-11-17(27)25-14-5-3-4-13(9-14)19(20,21)22/h3-10H,2,11H2,1H3,(H,25,27)(H3,23,26,30).